The van der Waals surface area contributed by atoms with E-state index in [1.807, 2.05) is 0 Å². The molecular weight excluding hydrogens is 398 g/mol. The van der Waals surface area contributed by atoms with Gasteiger partial charge in [-0.1, -0.05) is 37.6 Å². The molecule has 2 aromatic rings. The Morgan fingerprint density at radius 1 is 1.06 bits per heavy atom. The van der Waals surface area contributed by atoms with Crippen LogP contribution in [0.4, 0.5) is 0 Å². The third-order valence-corrected chi connectivity index (χ3v) is 4.96. The average Bonchev–Trinajstić information content (AvgIpc) is 2.77. The van der Waals surface area contributed by atoms with Crippen LogP contribution in [0.25, 0.3) is 11.6 Å². The number of carbonyl (C=O) groups excluding carboxylic acids is 3. The van der Waals surface area contributed by atoms with Crippen LogP contribution < -0.4 is 14.6 Å². The van der Waals surface area contributed by atoms with Crippen LogP contribution >= 0.6 is 0 Å². The van der Waals surface area contributed by atoms with Crippen molar-refractivity contribution >= 4 is 29.4 Å². The Kier molecular flexibility index (Phi) is 7.07. The molecule has 3 rings (SSSR count). The van der Waals surface area contributed by atoms with E-state index in [0.29, 0.717) is 40.4 Å². The Morgan fingerprint density at radius 2 is 1.81 bits per heavy atom. The lowest BCUT2D eigenvalue weighted by Crippen LogP contribution is -2.43. The van der Waals surface area contributed by atoms with Gasteiger partial charge in [-0.25, -0.2) is 0 Å². The fraction of sp³-hybridized carbons (Fsp3) is 0.292. The van der Waals surface area contributed by atoms with Crippen molar-refractivity contribution in [2.45, 2.75) is 26.2 Å². The number of amides is 2. The molecule has 0 aromatic heterocycles. The van der Waals surface area contributed by atoms with E-state index in [4.69, 9.17) is 9.47 Å². The average molecular weight is 422 g/mol. The minimum absolute atomic E-state index is 0.250. The number of methoxy groups -OCH3 is 1. The topological polar surface area (TPSA) is 96.0 Å². The predicted octanol–water partition coefficient (Wildman–Crippen LogP) is 2.54. The Balaban J connectivity index is 2.02. The highest BCUT2D eigenvalue weighted by atomic mass is 16.5. The van der Waals surface area contributed by atoms with E-state index in [1.54, 1.807) is 55.7 Å². The minimum atomic E-state index is -1.32. The molecular formula is C24H24NO6-. The fourth-order valence-corrected chi connectivity index (χ4v) is 3.34. The molecule has 162 valence electrons. The minimum Gasteiger partial charge on any atom is -0.550 e. The maximum atomic E-state index is 13.1. The highest BCUT2D eigenvalue weighted by Crippen LogP contribution is 2.33. The largest absolute Gasteiger partial charge is 0.550 e. The van der Waals surface area contributed by atoms with E-state index in [-0.39, 0.29) is 6.54 Å². The van der Waals surface area contributed by atoms with Crippen molar-refractivity contribution in [2.75, 3.05) is 20.3 Å². The van der Waals surface area contributed by atoms with Gasteiger partial charge in [0, 0.05) is 30.1 Å². The molecule has 1 heterocycles. The summed E-state index contributed by atoms with van der Waals surface area (Å²) >= 11 is 0. The fourth-order valence-electron chi connectivity index (χ4n) is 3.34. The van der Waals surface area contributed by atoms with Gasteiger partial charge in [-0.2, -0.15) is 0 Å². The summed E-state index contributed by atoms with van der Waals surface area (Å²) in [5, 5.41) is 10.9. The van der Waals surface area contributed by atoms with E-state index in [2.05, 4.69) is 6.92 Å². The van der Waals surface area contributed by atoms with Gasteiger partial charge in [-0.3, -0.25) is 14.5 Å². The zero-order chi connectivity index (χ0) is 22.4. The molecule has 0 N–H and O–H groups in total. The van der Waals surface area contributed by atoms with Gasteiger partial charge >= 0.3 is 0 Å². The van der Waals surface area contributed by atoms with Crippen LogP contribution in [-0.4, -0.2) is 42.9 Å². The first kappa shape index (κ1) is 22.1. The van der Waals surface area contributed by atoms with Crippen LogP contribution in [-0.2, 0) is 9.59 Å². The molecule has 0 atom stereocenters. The number of hydrogen-bond acceptors (Lipinski definition) is 6. The molecule has 0 fully saturated rings. The summed E-state index contributed by atoms with van der Waals surface area (Å²) < 4.78 is 11.2. The van der Waals surface area contributed by atoms with Gasteiger partial charge in [-0.15, -0.1) is 0 Å². The van der Waals surface area contributed by atoms with Crippen molar-refractivity contribution in [1.82, 2.24) is 4.90 Å². The van der Waals surface area contributed by atoms with E-state index in [9.17, 15) is 19.5 Å². The number of ether oxygens (including phenoxy) is 2. The number of nitrogens with zero attached hydrogens (tertiary/aromatic N) is 1. The molecule has 7 nitrogen and oxygen atoms in total. The number of benzene rings is 2. The van der Waals surface area contributed by atoms with Crippen LogP contribution in [0.2, 0.25) is 0 Å². The third-order valence-electron chi connectivity index (χ3n) is 4.96. The van der Waals surface area contributed by atoms with E-state index < -0.39 is 24.2 Å². The van der Waals surface area contributed by atoms with Crippen molar-refractivity contribution in [3.63, 3.8) is 0 Å². The summed E-state index contributed by atoms with van der Waals surface area (Å²) in [7, 11) is 1.56. The monoisotopic (exact) mass is 422 g/mol. The second-order valence-corrected chi connectivity index (χ2v) is 7.10. The molecule has 2 aromatic carbocycles. The molecule has 0 unspecified atom stereocenters. The lowest BCUT2D eigenvalue weighted by molar-refractivity contribution is -0.305. The number of carboxylic acid groups (broad SMARTS) is 1. The van der Waals surface area contributed by atoms with Gasteiger partial charge in [0.1, 0.15) is 0 Å². The first-order valence-electron chi connectivity index (χ1n) is 10.1. The van der Waals surface area contributed by atoms with E-state index >= 15 is 0 Å². The molecule has 0 spiro atoms. The van der Waals surface area contributed by atoms with Gasteiger partial charge in [0.15, 0.2) is 11.5 Å². The number of fused-ring (bicyclic) bond motifs is 1. The molecule has 0 radical (unpaired) electrons. The zero-order valence-corrected chi connectivity index (χ0v) is 17.6. The predicted molar refractivity (Wildman–Crippen MR) is 113 cm³/mol. The molecule has 31 heavy (non-hydrogen) atoms. The Labute approximate surface area is 180 Å². The van der Waals surface area contributed by atoms with Gasteiger partial charge in [0.05, 0.1) is 13.7 Å². The lowest BCUT2D eigenvalue weighted by atomic mass is 9.92. The molecule has 0 aliphatic carbocycles. The number of rotatable bonds is 9. The highest BCUT2D eigenvalue weighted by molar-refractivity contribution is 6.33. The summed E-state index contributed by atoms with van der Waals surface area (Å²) in [4.78, 5) is 37.7. The van der Waals surface area contributed by atoms with Crippen molar-refractivity contribution in [3.8, 4) is 11.5 Å². The van der Waals surface area contributed by atoms with Crippen LogP contribution in [0.5, 0.6) is 11.5 Å². The summed E-state index contributed by atoms with van der Waals surface area (Å²) in [6.45, 7) is 2.36. The van der Waals surface area contributed by atoms with Gasteiger partial charge in [0.2, 0.25) is 0 Å². The van der Waals surface area contributed by atoms with E-state index in [1.165, 1.54) is 0 Å². The molecule has 2 amide bonds. The second kappa shape index (κ2) is 9.93. The number of unbranched alkanes of at least 4 members (excludes halogenated alkanes) is 1. The summed E-state index contributed by atoms with van der Waals surface area (Å²) in [5.41, 5.74) is 1.85. The van der Waals surface area contributed by atoms with Gasteiger partial charge in [0.25, 0.3) is 11.8 Å². The Morgan fingerprint density at radius 3 is 2.48 bits per heavy atom. The molecule has 7 heteroatoms. The Bertz CT molecular complexity index is 1030. The number of carbonyl (C=O) groups is 3. The van der Waals surface area contributed by atoms with Crippen molar-refractivity contribution < 1.29 is 29.0 Å². The normalized spacial score (nSPS) is 14.5. The zero-order valence-electron chi connectivity index (χ0n) is 17.6. The van der Waals surface area contributed by atoms with Crippen LogP contribution in [0.3, 0.4) is 0 Å². The van der Waals surface area contributed by atoms with Crippen LogP contribution in [0.15, 0.2) is 42.5 Å². The smallest absolute Gasteiger partial charge is 0.261 e. The number of imide groups is 1. The highest BCUT2D eigenvalue weighted by Gasteiger charge is 2.34. The van der Waals surface area contributed by atoms with Crippen LogP contribution in [0, 0.1) is 0 Å². The first-order chi connectivity index (χ1) is 15.0. The maximum absolute atomic E-state index is 13.1. The van der Waals surface area contributed by atoms with Gasteiger partial charge < -0.3 is 19.4 Å². The molecule has 1 aliphatic heterocycles. The molecule has 0 saturated heterocycles. The van der Waals surface area contributed by atoms with Gasteiger partial charge in [-0.05, 0) is 41.8 Å². The quantitative estimate of drug-likeness (QED) is 0.350. The summed E-state index contributed by atoms with van der Waals surface area (Å²) in [5.74, 6) is -1.24. The molecule has 1 aliphatic rings. The van der Waals surface area contributed by atoms with Crippen molar-refractivity contribution in [3.05, 3.63) is 59.2 Å². The number of aliphatic carboxylic acids is 1. The second-order valence-electron chi connectivity index (χ2n) is 7.10. The Hall–Kier alpha value is -3.61. The van der Waals surface area contributed by atoms with Crippen molar-refractivity contribution in [1.29, 1.82) is 0 Å². The van der Waals surface area contributed by atoms with E-state index in [0.717, 1.165) is 17.7 Å². The third kappa shape index (κ3) is 4.94. The first-order valence-corrected chi connectivity index (χ1v) is 10.1. The van der Waals surface area contributed by atoms with Crippen LogP contribution in [0.1, 0.15) is 47.7 Å². The molecule has 0 bridgehead atoms. The van der Waals surface area contributed by atoms with Crippen molar-refractivity contribution in [2.24, 2.45) is 0 Å². The summed E-state index contributed by atoms with van der Waals surface area (Å²) in [6.07, 6.45) is 3.14. The SMILES string of the molecule is CCCCOc1cc(/C=C2\C(=O)N(CCC(=O)[O-])C(=O)c3ccccc32)ccc1OC. The lowest BCUT2D eigenvalue weighted by Gasteiger charge is -2.28. The maximum Gasteiger partial charge on any atom is 0.261 e. The standard InChI is InChI=1S/C24H25NO6/c1-3-4-13-31-21-15-16(9-10-20(21)30-2)14-19-17-7-5-6-8-18(17)23(28)25(24(19)29)12-11-22(26)27/h5-10,14-15H,3-4,11-13H2,1-2H3,(H,26,27)/p-1/b19-14-. The molecule has 0 saturated carbocycles. The number of hydrogen-bond donors (Lipinski definition) is 0. The number of carboxylic acids is 1. The summed E-state index contributed by atoms with van der Waals surface area (Å²) in [6, 6.07) is 12.1.